The molecule has 0 atom stereocenters. The van der Waals surface area contributed by atoms with Gasteiger partial charge in [0.05, 0.1) is 0 Å². The van der Waals surface area contributed by atoms with Gasteiger partial charge in [0.1, 0.15) is 11.6 Å². The van der Waals surface area contributed by atoms with Crippen molar-refractivity contribution in [2.75, 3.05) is 5.32 Å². The summed E-state index contributed by atoms with van der Waals surface area (Å²) < 4.78 is 28.1. The third-order valence-electron chi connectivity index (χ3n) is 3.32. The molecule has 10 heteroatoms. The van der Waals surface area contributed by atoms with Gasteiger partial charge in [0.2, 0.25) is 5.91 Å². The summed E-state index contributed by atoms with van der Waals surface area (Å²) in [6, 6.07) is 6.38. The molecule has 0 aliphatic carbocycles. The maximum absolute atomic E-state index is 13.2. The monoisotopic (exact) mass is 393 g/mol. The van der Waals surface area contributed by atoms with Crippen molar-refractivity contribution in [3.63, 3.8) is 0 Å². The van der Waals surface area contributed by atoms with E-state index in [0.29, 0.717) is 10.7 Å². The van der Waals surface area contributed by atoms with Gasteiger partial charge < -0.3 is 5.32 Å². The second kappa shape index (κ2) is 7.10. The summed E-state index contributed by atoms with van der Waals surface area (Å²) in [4.78, 5) is 24.5. The molecule has 0 bridgehead atoms. The van der Waals surface area contributed by atoms with E-state index in [1.807, 2.05) is 20.8 Å². The van der Waals surface area contributed by atoms with Gasteiger partial charge in [0, 0.05) is 16.5 Å². The third kappa shape index (κ3) is 4.51. The number of thioether (sulfide) groups is 1. The SMILES string of the molecule is CC(C)(C)Sc1ccc2nn(CC(=O)Nc3ccc(F)c(F)c3)c(=O)n2n1. The van der Waals surface area contributed by atoms with E-state index in [1.165, 1.54) is 17.8 Å². The zero-order valence-electron chi connectivity index (χ0n) is 14.9. The van der Waals surface area contributed by atoms with Crippen LogP contribution in [0.3, 0.4) is 0 Å². The lowest BCUT2D eigenvalue weighted by atomic mass is 10.3. The van der Waals surface area contributed by atoms with Gasteiger partial charge in [-0.15, -0.1) is 5.10 Å². The quantitative estimate of drug-likeness (QED) is 0.690. The Morgan fingerprint density at radius 3 is 2.56 bits per heavy atom. The fourth-order valence-corrected chi connectivity index (χ4v) is 3.16. The molecule has 3 rings (SSSR count). The number of aromatic nitrogens is 4. The summed E-state index contributed by atoms with van der Waals surface area (Å²) in [7, 11) is 0. The number of hydrogen-bond acceptors (Lipinski definition) is 5. The highest BCUT2D eigenvalue weighted by Crippen LogP contribution is 2.29. The minimum atomic E-state index is -1.08. The van der Waals surface area contributed by atoms with Crippen LogP contribution in [0.2, 0.25) is 0 Å². The number of anilines is 1. The summed E-state index contributed by atoms with van der Waals surface area (Å²) in [6.45, 7) is 5.69. The molecule has 0 aliphatic heterocycles. The van der Waals surface area contributed by atoms with Crippen molar-refractivity contribution >= 4 is 29.0 Å². The Kier molecular flexibility index (Phi) is 5.01. The summed E-state index contributed by atoms with van der Waals surface area (Å²) in [5.74, 6) is -2.69. The zero-order valence-corrected chi connectivity index (χ0v) is 15.7. The highest BCUT2D eigenvalue weighted by Gasteiger charge is 2.16. The fraction of sp³-hybridized carbons (Fsp3) is 0.294. The molecular weight excluding hydrogens is 376 g/mol. The van der Waals surface area contributed by atoms with Crippen molar-refractivity contribution in [3.8, 4) is 0 Å². The minimum Gasteiger partial charge on any atom is -0.324 e. The van der Waals surface area contributed by atoms with Crippen LogP contribution in [-0.2, 0) is 11.3 Å². The molecular formula is C17H17F2N5O2S. The van der Waals surface area contributed by atoms with Gasteiger partial charge >= 0.3 is 5.69 Å². The lowest BCUT2D eigenvalue weighted by Gasteiger charge is -2.16. The lowest BCUT2D eigenvalue weighted by molar-refractivity contribution is -0.117. The van der Waals surface area contributed by atoms with Gasteiger partial charge in [-0.2, -0.15) is 9.61 Å². The summed E-state index contributed by atoms with van der Waals surface area (Å²) >= 11 is 1.50. The van der Waals surface area contributed by atoms with Crippen molar-refractivity contribution < 1.29 is 13.6 Å². The lowest BCUT2D eigenvalue weighted by Crippen LogP contribution is -2.29. The standard InChI is InChI=1S/C17H17F2N5O2S/c1-17(2,3)27-15-7-6-13-21-23(16(26)24(13)22-15)9-14(25)20-10-4-5-11(18)12(19)8-10/h4-8H,9H2,1-3H3,(H,20,25). The van der Waals surface area contributed by atoms with E-state index in [2.05, 4.69) is 15.5 Å². The predicted octanol–water partition coefficient (Wildman–Crippen LogP) is 2.70. The molecule has 0 radical (unpaired) electrons. The Bertz CT molecular complexity index is 1070. The van der Waals surface area contributed by atoms with Crippen molar-refractivity contribution in [2.45, 2.75) is 37.1 Å². The van der Waals surface area contributed by atoms with Crippen LogP contribution < -0.4 is 11.0 Å². The number of amides is 1. The first-order valence-corrected chi connectivity index (χ1v) is 8.85. The van der Waals surface area contributed by atoms with Crippen LogP contribution in [0.25, 0.3) is 5.65 Å². The normalized spacial score (nSPS) is 11.7. The van der Waals surface area contributed by atoms with E-state index >= 15 is 0 Å². The first-order chi connectivity index (χ1) is 12.6. The van der Waals surface area contributed by atoms with Crippen molar-refractivity contribution in [3.05, 3.63) is 52.5 Å². The number of carbonyl (C=O) groups is 1. The second-order valence-corrected chi connectivity index (χ2v) is 8.62. The molecule has 7 nitrogen and oxygen atoms in total. The summed E-state index contributed by atoms with van der Waals surface area (Å²) in [6.07, 6.45) is 0. The van der Waals surface area contributed by atoms with E-state index in [1.54, 1.807) is 12.1 Å². The average molecular weight is 393 g/mol. The van der Waals surface area contributed by atoms with Gasteiger partial charge in [-0.1, -0.05) is 32.5 Å². The van der Waals surface area contributed by atoms with Crippen molar-refractivity contribution in [1.82, 2.24) is 19.4 Å². The Morgan fingerprint density at radius 2 is 1.89 bits per heavy atom. The topological polar surface area (TPSA) is 81.3 Å². The molecule has 1 N–H and O–H groups in total. The minimum absolute atomic E-state index is 0.0788. The molecule has 0 fully saturated rings. The van der Waals surface area contributed by atoms with Crippen LogP contribution in [0.5, 0.6) is 0 Å². The fourth-order valence-electron chi connectivity index (χ4n) is 2.27. The number of rotatable bonds is 4. The van der Waals surface area contributed by atoms with Gasteiger partial charge in [-0.05, 0) is 24.3 Å². The molecule has 27 heavy (non-hydrogen) atoms. The van der Waals surface area contributed by atoms with Crippen LogP contribution in [0.15, 0.2) is 40.2 Å². The third-order valence-corrected chi connectivity index (χ3v) is 4.36. The van der Waals surface area contributed by atoms with E-state index < -0.39 is 23.2 Å². The van der Waals surface area contributed by atoms with E-state index in [-0.39, 0.29) is 17.0 Å². The maximum Gasteiger partial charge on any atom is 0.367 e. The van der Waals surface area contributed by atoms with Crippen LogP contribution in [0.4, 0.5) is 14.5 Å². The molecule has 0 saturated carbocycles. The second-order valence-electron chi connectivity index (χ2n) is 6.77. The molecule has 2 aromatic heterocycles. The van der Waals surface area contributed by atoms with Crippen molar-refractivity contribution in [1.29, 1.82) is 0 Å². The van der Waals surface area contributed by atoms with Crippen LogP contribution in [0.1, 0.15) is 20.8 Å². The molecule has 2 heterocycles. The number of nitrogens with one attached hydrogen (secondary N) is 1. The molecule has 1 aromatic carbocycles. The van der Waals surface area contributed by atoms with E-state index in [9.17, 15) is 18.4 Å². The zero-order chi connectivity index (χ0) is 19.8. The molecule has 0 saturated heterocycles. The van der Waals surface area contributed by atoms with Gasteiger partial charge in [-0.25, -0.2) is 18.3 Å². The number of benzene rings is 1. The molecule has 0 unspecified atom stereocenters. The molecule has 3 aromatic rings. The number of carbonyl (C=O) groups excluding carboxylic acids is 1. The predicted molar refractivity (Wildman–Crippen MR) is 97.8 cm³/mol. The van der Waals surface area contributed by atoms with Crippen molar-refractivity contribution in [2.24, 2.45) is 0 Å². The number of hydrogen-bond donors (Lipinski definition) is 1. The first kappa shape index (κ1) is 19.0. The largest absolute Gasteiger partial charge is 0.367 e. The number of nitrogens with zero attached hydrogens (tertiary/aromatic N) is 4. The van der Waals surface area contributed by atoms with Gasteiger partial charge in [0.15, 0.2) is 17.3 Å². The van der Waals surface area contributed by atoms with E-state index in [0.717, 1.165) is 21.3 Å². The molecule has 0 spiro atoms. The maximum atomic E-state index is 13.2. The first-order valence-electron chi connectivity index (χ1n) is 8.03. The Morgan fingerprint density at radius 1 is 1.15 bits per heavy atom. The molecule has 0 aliphatic rings. The highest BCUT2D eigenvalue weighted by molar-refractivity contribution is 8.00. The Hall–Kier alpha value is -2.75. The van der Waals surface area contributed by atoms with Gasteiger partial charge in [-0.3, -0.25) is 4.79 Å². The molecule has 142 valence electrons. The summed E-state index contributed by atoms with van der Waals surface area (Å²) in [5.41, 5.74) is -0.182. The van der Waals surface area contributed by atoms with Gasteiger partial charge in [0.25, 0.3) is 0 Å². The van der Waals surface area contributed by atoms with Crippen LogP contribution >= 0.6 is 11.8 Å². The Labute approximate surface area is 157 Å². The average Bonchev–Trinajstić information content (AvgIpc) is 2.85. The van der Waals surface area contributed by atoms with Crippen LogP contribution in [-0.4, -0.2) is 30.0 Å². The smallest absolute Gasteiger partial charge is 0.324 e. The summed E-state index contributed by atoms with van der Waals surface area (Å²) in [5, 5.41) is 11.4. The van der Waals surface area contributed by atoms with E-state index in [4.69, 9.17) is 0 Å². The number of fused-ring (bicyclic) bond motifs is 1. The van der Waals surface area contributed by atoms with Crippen LogP contribution in [0, 0.1) is 11.6 Å². The Balaban J connectivity index is 1.80. The highest BCUT2D eigenvalue weighted by atomic mass is 32.2. The molecule has 1 amide bonds. The number of halogens is 2.